The van der Waals surface area contributed by atoms with Crippen LogP contribution in [0.1, 0.15) is 43.3 Å². The second kappa shape index (κ2) is 9.41. The van der Waals surface area contributed by atoms with Crippen LogP contribution in [0.5, 0.6) is 0 Å². The van der Waals surface area contributed by atoms with Crippen molar-refractivity contribution in [3.8, 4) is 0 Å². The lowest BCUT2D eigenvalue weighted by Gasteiger charge is -2.25. The molecule has 1 aromatic carbocycles. The minimum atomic E-state index is -0.330. The van der Waals surface area contributed by atoms with Crippen molar-refractivity contribution in [3.05, 3.63) is 51.6 Å². The molecule has 5 nitrogen and oxygen atoms in total. The van der Waals surface area contributed by atoms with E-state index in [-0.39, 0.29) is 11.2 Å². The summed E-state index contributed by atoms with van der Waals surface area (Å²) in [5.41, 5.74) is 4.09. The Balaban J connectivity index is 2.04. The highest BCUT2D eigenvalue weighted by Crippen LogP contribution is 2.30. The molecule has 2 aromatic rings. The molecule has 0 radical (unpaired) electrons. The van der Waals surface area contributed by atoms with Gasteiger partial charge in [0.2, 0.25) is 0 Å². The van der Waals surface area contributed by atoms with Gasteiger partial charge in [-0.15, -0.1) is 0 Å². The molecule has 0 aliphatic heterocycles. The molecule has 7 heteroatoms. The number of hydrogen-bond donors (Lipinski definition) is 2. The minimum absolute atomic E-state index is 0.316. The Morgan fingerprint density at radius 3 is 2.57 bits per heavy atom. The van der Waals surface area contributed by atoms with Gasteiger partial charge in [-0.25, -0.2) is 4.39 Å². The Labute approximate surface area is 172 Å². The number of rotatable bonds is 7. The third kappa shape index (κ3) is 5.47. The van der Waals surface area contributed by atoms with Gasteiger partial charge in [-0.05, 0) is 50.5 Å². The molecule has 2 N–H and O–H groups in total. The number of nitrogens with zero attached hydrogens (tertiary/aromatic N) is 3. The molecule has 0 unspecified atom stereocenters. The average Bonchev–Trinajstić information content (AvgIpc) is 2.85. The number of benzene rings is 1. The van der Waals surface area contributed by atoms with E-state index in [0.717, 1.165) is 36.7 Å². The number of aliphatic imine (C=N–C) groups is 1. The van der Waals surface area contributed by atoms with E-state index < -0.39 is 0 Å². The Morgan fingerprint density at radius 2 is 2.00 bits per heavy atom. The summed E-state index contributed by atoms with van der Waals surface area (Å²) >= 11 is 6.25. The van der Waals surface area contributed by atoms with Gasteiger partial charge in [0.15, 0.2) is 5.96 Å². The van der Waals surface area contributed by atoms with Crippen LogP contribution < -0.4 is 10.6 Å². The van der Waals surface area contributed by atoms with Gasteiger partial charge < -0.3 is 10.6 Å². The molecule has 0 saturated carbocycles. The fraction of sp³-hybridized carbons (Fsp3) is 0.524. The lowest BCUT2D eigenvalue weighted by Crippen LogP contribution is -2.39. The van der Waals surface area contributed by atoms with Crippen molar-refractivity contribution >= 4 is 17.6 Å². The molecule has 0 aliphatic carbocycles. The normalized spacial score (nSPS) is 12.4. The van der Waals surface area contributed by atoms with Gasteiger partial charge in [-0.2, -0.15) is 5.10 Å². The largest absolute Gasteiger partial charge is 0.357 e. The van der Waals surface area contributed by atoms with Crippen molar-refractivity contribution in [2.75, 3.05) is 19.6 Å². The molecular weight excluding hydrogens is 377 g/mol. The number of guanidine groups is 1. The fourth-order valence-corrected chi connectivity index (χ4v) is 3.65. The molecule has 0 amide bonds. The lowest BCUT2D eigenvalue weighted by atomic mass is 9.84. The van der Waals surface area contributed by atoms with E-state index in [4.69, 9.17) is 16.6 Å². The summed E-state index contributed by atoms with van der Waals surface area (Å²) in [6, 6.07) is 4.53. The molecule has 1 aromatic heterocycles. The number of aromatic nitrogens is 2. The highest BCUT2D eigenvalue weighted by atomic mass is 35.5. The minimum Gasteiger partial charge on any atom is -0.357 e. The second-order valence-electron chi connectivity index (χ2n) is 7.65. The van der Waals surface area contributed by atoms with Gasteiger partial charge in [-0.1, -0.05) is 31.5 Å². The van der Waals surface area contributed by atoms with Gasteiger partial charge in [0.25, 0.3) is 0 Å². The van der Waals surface area contributed by atoms with Crippen LogP contribution in [-0.2, 0) is 18.9 Å². The van der Waals surface area contributed by atoms with E-state index in [9.17, 15) is 4.39 Å². The van der Waals surface area contributed by atoms with E-state index in [1.165, 1.54) is 23.4 Å². The Morgan fingerprint density at radius 1 is 1.29 bits per heavy atom. The van der Waals surface area contributed by atoms with Crippen molar-refractivity contribution in [3.63, 3.8) is 0 Å². The van der Waals surface area contributed by atoms with Crippen molar-refractivity contribution in [2.45, 2.75) is 46.5 Å². The van der Waals surface area contributed by atoms with E-state index in [0.29, 0.717) is 11.6 Å². The first-order chi connectivity index (χ1) is 13.2. The van der Waals surface area contributed by atoms with Crippen LogP contribution in [0.4, 0.5) is 4.39 Å². The van der Waals surface area contributed by atoms with E-state index in [2.05, 4.69) is 36.5 Å². The molecule has 154 valence electrons. The Hall–Kier alpha value is -2.08. The van der Waals surface area contributed by atoms with Crippen LogP contribution in [0.3, 0.4) is 0 Å². The molecule has 0 spiro atoms. The Kier molecular flexibility index (Phi) is 7.47. The fourth-order valence-electron chi connectivity index (χ4n) is 3.23. The van der Waals surface area contributed by atoms with Crippen LogP contribution >= 0.6 is 11.6 Å². The summed E-state index contributed by atoms with van der Waals surface area (Å²) in [7, 11) is 1.97. The first-order valence-electron chi connectivity index (χ1n) is 9.62. The highest BCUT2D eigenvalue weighted by molar-refractivity contribution is 6.31. The van der Waals surface area contributed by atoms with Gasteiger partial charge in [0.1, 0.15) is 5.82 Å². The maximum Gasteiger partial charge on any atom is 0.191 e. The molecule has 0 aliphatic rings. The molecule has 0 bridgehead atoms. The third-order valence-corrected chi connectivity index (χ3v) is 5.28. The van der Waals surface area contributed by atoms with Crippen LogP contribution in [0.15, 0.2) is 23.2 Å². The maximum absolute atomic E-state index is 13.3. The van der Waals surface area contributed by atoms with Crippen LogP contribution in [-0.4, -0.2) is 35.4 Å². The van der Waals surface area contributed by atoms with Crippen LogP contribution in [0.2, 0.25) is 5.02 Å². The van der Waals surface area contributed by atoms with Gasteiger partial charge >= 0.3 is 0 Å². The topological polar surface area (TPSA) is 54.2 Å². The molecule has 2 rings (SSSR count). The zero-order chi connectivity index (χ0) is 20.9. The van der Waals surface area contributed by atoms with E-state index in [1.54, 1.807) is 6.07 Å². The summed E-state index contributed by atoms with van der Waals surface area (Å²) in [5, 5.41) is 11.6. The number of halogens is 2. The van der Waals surface area contributed by atoms with Gasteiger partial charge in [-0.3, -0.25) is 9.67 Å². The highest BCUT2D eigenvalue weighted by Gasteiger charge is 2.23. The van der Waals surface area contributed by atoms with Gasteiger partial charge in [0.05, 0.1) is 12.2 Å². The van der Waals surface area contributed by atoms with Crippen molar-refractivity contribution in [1.82, 2.24) is 20.4 Å². The molecule has 0 fully saturated rings. The maximum atomic E-state index is 13.3. The molecular formula is C21H31ClFN5. The van der Waals surface area contributed by atoms with Crippen LogP contribution in [0, 0.1) is 19.7 Å². The molecule has 28 heavy (non-hydrogen) atoms. The first kappa shape index (κ1) is 22.2. The molecule has 0 atom stereocenters. The summed E-state index contributed by atoms with van der Waals surface area (Å²) in [4.78, 5) is 4.73. The quantitative estimate of drug-likeness (QED) is 0.540. The van der Waals surface area contributed by atoms with Gasteiger partial charge in [0, 0.05) is 36.3 Å². The number of hydrogen-bond acceptors (Lipinski definition) is 2. The average molecular weight is 408 g/mol. The lowest BCUT2D eigenvalue weighted by molar-refractivity contribution is 0.534. The van der Waals surface area contributed by atoms with Crippen molar-refractivity contribution < 1.29 is 4.39 Å². The summed E-state index contributed by atoms with van der Waals surface area (Å²) in [6.45, 7) is 12.3. The van der Waals surface area contributed by atoms with Crippen LogP contribution in [0.25, 0.3) is 0 Å². The zero-order valence-electron chi connectivity index (χ0n) is 17.7. The standard InChI is InChI=1S/C21H31ClFN5/c1-7-24-20(25-11-10-17-14(2)27-28(6)15(17)3)26-13-21(4,5)18-9-8-16(23)12-19(18)22/h8-9,12H,7,10-11,13H2,1-6H3,(H2,24,25,26). The first-order valence-corrected chi connectivity index (χ1v) is 10.00. The van der Waals surface area contributed by atoms with E-state index >= 15 is 0 Å². The summed E-state index contributed by atoms with van der Waals surface area (Å²) < 4.78 is 15.3. The molecule has 1 heterocycles. The van der Waals surface area contributed by atoms with E-state index in [1.807, 2.05) is 25.6 Å². The number of nitrogens with one attached hydrogen (secondary N) is 2. The Bertz CT molecular complexity index is 842. The summed E-state index contributed by atoms with van der Waals surface area (Å²) in [6.07, 6.45) is 0.878. The monoisotopic (exact) mass is 407 g/mol. The zero-order valence-corrected chi connectivity index (χ0v) is 18.4. The van der Waals surface area contributed by atoms with Crippen molar-refractivity contribution in [1.29, 1.82) is 0 Å². The third-order valence-electron chi connectivity index (χ3n) is 4.96. The second-order valence-corrected chi connectivity index (χ2v) is 8.06. The summed E-state index contributed by atoms with van der Waals surface area (Å²) in [5.74, 6) is 0.428. The predicted molar refractivity (Wildman–Crippen MR) is 115 cm³/mol. The number of aryl methyl sites for hydroxylation is 2. The van der Waals surface area contributed by atoms with Crippen molar-refractivity contribution in [2.24, 2.45) is 12.0 Å². The molecule has 0 saturated heterocycles. The SMILES string of the molecule is CCNC(=NCC(C)(C)c1ccc(F)cc1Cl)NCCc1c(C)nn(C)c1C. The predicted octanol–water partition coefficient (Wildman–Crippen LogP) is 3.90. The smallest absolute Gasteiger partial charge is 0.191 e.